The van der Waals surface area contributed by atoms with Gasteiger partial charge in [0, 0.05) is 10.9 Å². The number of benzene rings is 1. The number of nitrogens with zero attached hydrogens (tertiary/aromatic N) is 2. The van der Waals surface area contributed by atoms with E-state index in [1.807, 2.05) is 12.2 Å². The van der Waals surface area contributed by atoms with Crippen molar-refractivity contribution in [3.05, 3.63) is 47.4 Å². The number of hydrogen-bond acceptors (Lipinski definition) is 5. The van der Waals surface area contributed by atoms with Gasteiger partial charge in [0.25, 0.3) is 0 Å². The Morgan fingerprint density at radius 3 is 2.45 bits per heavy atom. The molecule has 1 N–H and O–H groups in total. The van der Waals surface area contributed by atoms with E-state index in [4.69, 9.17) is 0 Å². The maximum atomic E-state index is 13.4. The number of carbonyl (C=O) groups is 3. The van der Waals surface area contributed by atoms with E-state index in [1.54, 1.807) is 5.38 Å². The summed E-state index contributed by atoms with van der Waals surface area (Å²) in [6, 6.07) is 2.44. The zero-order chi connectivity index (χ0) is 20.7. The molecule has 0 saturated carbocycles. The van der Waals surface area contributed by atoms with E-state index in [0.29, 0.717) is 24.1 Å². The monoisotopic (exact) mass is 417 g/mol. The average Bonchev–Trinajstić information content (AvgIpc) is 3.27. The third kappa shape index (κ3) is 3.46. The maximum absolute atomic E-state index is 13.4. The summed E-state index contributed by atoms with van der Waals surface area (Å²) in [6.07, 6.45) is 4.78. The van der Waals surface area contributed by atoms with Gasteiger partial charge in [0.2, 0.25) is 17.7 Å². The average molecular weight is 417 g/mol. The molecular weight excluding hydrogens is 400 g/mol. The minimum absolute atomic E-state index is 0.236. The number of halogens is 2. The van der Waals surface area contributed by atoms with Crippen LogP contribution in [0.1, 0.15) is 19.8 Å². The van der Waals surface area contributed by atoms with Gasteiger partial charge in [-0.1, -0.05) is 12.2 Å². The highest BCUT2D eigenvalue weighted by Crippen LogP contribution is 2.36. The second-order valence-corrected chi connectivity index (χ2v) is 7.89. The molecule has 1 aliphatic heterocycles. The van der Waals surface area contributed by atoms with Crippen LogP contribution in [0.2, 0.25) is 0 Å². The molecule has 0 radical (unpaired) electrons. The van der Waals surface area contributed by atoms with E-state index in [1.165, 1.54) is 13.0 Å². The Morgan fingerprint density at radius 1 is 1.17 bits per heavy atom. The summed E-state index contributed by atoms with van der Waals surface area (Å²) >= 11 is 1.11. The van der Waals surface area contributed by atoms with Gasteiger partial charge >= 0.3 is 0 Å². The number of thiazole rings is 1. The lowest BCUT2D eigenvalue weighted by atomic mass is 9.85. The lowest BCUT2D eigenvalue weighted by Crippen LogP contribution is -2.46. The summed E-state index contributed by atoms with van der Waals surface area (Å²) in [5.74, 6) is -3.93. The van der Waals surface area contributed by atoms with E-state index in [9.17, 15) is 23.2 Å². The molecule has 2 aliphatic rings. The molecule has 2 unspecified atom stereocenters. The number of aromatic nitrogens is 1. The first kappa shape index (κ1) is 19.4. The van der Waals surface area contributed by atoms with Crippen LogP contribution < -0.4 is 5.32 Å². The van der Waals surface area contributed by atoms with Crippen LogP contribution in [0.3, 0.4) is 0 Å². The number of allylic oxidation sites excluding steroid dienone is 2. The van der Waals surface area contributed by atoms with Crippen molar-refractivity contribution in [3.8, 4) is 11.3 Å². The summed E-state index contributed by atoms with van der Waals surface area (Å²) < 4.78 is 26.5. The molecule has 6 nitrogen and oxygen atoms in total. The van der Waals surface area contributed by atoms with Crippen LogP contribution in [-0.2, 0) is 14.4 Å². The second kappa shape index (κ2) is 7.47. The Labute approximate surface area is 169 Å². The molecule has 0 bridgehead atoms. The molecule has 4 rings (SSSR count). The number of nitrogens with one attached hydrogen (secondary N) is 1. The molecule has 2 heterocycles. The Kier molecular flexibility index (Phi) is 4.99. The van der Waals surface area contributed by atoms with Crippen molar-refractivity contribution in [2.45, 2.75) is 25.8 Å². The highest BCUT2D eigenvalue weighted by molar-refractivity contribution is 7.14. The molecule has 3 atom stereocenters. The van der Waals surface area contributed by atoms with Gasteiger partial charge in [-0.05, 0) is 38.0 Å². The largest absolute Gasteiger partial charge is 0.300 e. The van der Waals surface area contributed by atoms with Crippen molar-refractivity contribution >= 4 is 34.2 Å². The van der Waals surface area contributed by atoms with Gasteiger partial charge in [-0.15, -0.1) is 11.3 Å². The van der Waals surface area contributed by atoms with Gasteiger partial charge in [-0.3, -0.25) is 19.3 Å². The highest BCUT2D eigenvalue weighted by atomic mass is 32.1. The van der Waals surface area contributed by atoms with Crippen molar-refractivity contribution in [2.75, 3.05) is 5.32 Å². The van der Waals surface area contributed by atoms with E-state index in [-0.39, 0.29) is 16.9 Å². The Bertz CT molecular complexity index is 1010. The normalized spacial score (nSPS) is 22.0. The summed E-state index contributed by atoms with van der Waals surface area (Å²) in [6.45, 7) is 1.50. The number of hydrogen-bond donors (Lipinski definition) is 1. The number of imide groups is 1. The molecule has 29 heavy (non-hydrogen) atoms. The summed E-state index contributed by atoms with van der Waals surface area (Å²) in [5.41, 5.74) is 0.748. The minimum atomic E-state index is -0.989. The number of carbonyl (C=O) groups excluding carboxylic acids is 3. The Hall–Kier alpha value is -2.94. The molecule has 150 valence electrons. The van der Waals surface area contributed by atoms with Gasteiger partial charge in [-0.2, -0.15) is 0 Å². The minimum Gasteiger partial charge on any atom is -0.300 e. The van der Waals surface area contributed by atoms with Gasteiger partial charge in [-0.25, -0.2) is 13.8 Å². The SMILES string of the molecule is C[C@@H](C(=O)Nc1nc(-c2ccc(F)c(F)c2)cs1)N1C(=O)C2CC=CCC2C1=O. The predicted molar refractivity (Wildman–Crippen MR) is 103 cm³/mol. The molecule has 1 aromatic carbocycles. The number of anilines is 1. The summed E-state index contributed by atoms with van der Waals surface area (Å²) in [5, 5.41) is 4.43. The summed E-state index contributed by atoms with van der Waals surface area (Å²) in [4.78, 5) is 43.1. The number of likely N-dealkylation sites (tertiary alicyclic amines) is 1. The maximum Gasteiger partial charge on any atom is 0.249 e. The van der Waals surface area contributed by atoms with Gasteiger partial charge < -0.3 is 5.32 Å². The summed E-state index contributed by atoms with van der Waals surface area (Å²) in [7, 11) is 0. The fraction of sp³-hybridized carbons (Fsp3) is 0.300. The second-order valence-electron chi connectivity index (χ2n) is 7.03. The van der Waals surface area contributed by atoms with E-state index >= 15 is 0 Å². The zero-order valence-electron chi connectivity index (χ0n) is 15.4. The van der Waals surface area contributed by atoms with E-state index < -0.39 is 35.4 Å². The third-order valence-corrected chi connectivity index (χ3v) is 6.02. The smallest absolute Gasteiger partial charge is 0.249 e. The first-order chi connectivity index (χ1) is 13.9. The van der Waals surface area contributed by atoms with Crippen molar-refractivity contribution in [2.24, 2.45) is 11.8 Å². The molecule has 3 amide bonds. The molecular formula is C20H17F2N3O3S. The van der Waals surface area contributed by atoms with Crippen molar-refractivity contribution in [3.63, 3.8) is 0 Å². The molecule has 0 spiro atoms. The number of amides is 3. The molecule has 2 aromatic rings. The molecule has 1 aliphatic carbocycles. The van der Waals surface area contributed by atoms with Crippen LogP contribution in [0.25, 0.3) is 11.3 Å². The van der Waals surface area contributed by atoms with Crippen LogP contribution in [0.4, 0.5) is 13.9 Å². The van der Waals surface area contributed by atoms with Crippen LogP contribution in [-0.4, -0.2) is 33.6 Å². The van der Waals surface area contributed by atoms with E-state index in [2.05, 4.69) is 10.3 Å². The first-order valence-electron chi connectivity index (χ1n) is 9.10. The Morgan fingerprint density at radius 2 is 1.83 bits per heavy atom. The standard InChI is InChI=1S/C20H17F2N3O3S/c1-10(25-18(27)12-4-2-3-5-13(12)19(25)28)17(26)24-20-23-16(9-29-20)11-6-7-14(21)15(22)8-11/h2-3,6-10,12-13H,4-5H2,1H3,(H,23,24,26)/t10-,12?,13?/m0/s1. The predicted octanol–water partition coefficient (Wildman–Crippen LogP) is 3.37. The molecule has 1 fully saturated rings. The van der Waals surface area contributed by atoms with E-state index in [0.717, 1.165) is 28.4 Å². The lowest BCUT2D eigenvalue weighted by Gasteiger charge is -2.21. The van der Waals surface area contributed by atoms with Crippen molar-refractivity contribution in [1.82, 2.24) is 9.88 Å². The van der Waals surface area contributed by atoms with Gasteiger partial charge in [0.05, 0.1) is 17.5 Å². The topological polar surface area (TPSA) is 79.4 Å². The van der Waals surface area contributed by atoms with Crippen LogP contribution in [0, 0.1) is 23.5 Å². The highest BCUT2D eigenvalue weighted by Gasteiger charge is 2.50. The lowest BCUT2D eigenvalue weighted by molar-refractivity contribution is -0.146. The van der Waals surface area contributed by atoms with Crippen molar-refractivity contribution < 1.29 is 23.2 Å². The van der Waals surface area contributed by atoms with Crippen molar-refractivity contribution in [1.29, 1.82) is 0 Å². The number of fused-ring (bicyclic) bond motifs is 1. The van der Waals surface area contributed by atoms with Gasteiger partial charge in [0.15, 0.2) is 16.8 Å². The molecule has 1 aromatic heterocycles. The third-order valence-electron chi connectivity index (χ3n) is 5.26. The number of rotatable bonds is 4. The molecule has 1 saturated heterocycles. The Balaban J connectivity index is 1.47. The molecule has 9 heteroatoms. The van der Waals surface area contributed by atoms with Crippen LogP contribution in [0.15, 0.2) is 35.7 Å². The fourth-order valence-corrected chi connectivity index (χ4v) is 4.38. The fourth-order valence-electron chi connectivity index (χ4n) is 3.65. The van der Waals surface area contributed by atoms with Crippen LogP contribution >= 0.6 is 11.3 Å². The zero-order valence-corrected chi connectivity index (χ0v) is 16.2. The quantitative estimate of drug-likeness (QED) is 0.611. The first-order valence-corrected chi connectivity index (χ1v) is 9.98. The van der Waals surface area contributed by atoms with Crippen LogP contribution in [0.5, 0.6) is 0 Å². The van der Waals surface area contributed by atoms with Gasteiger partial charge in [0.1, 0.15) is 6.04 Å².